The normalized spacial score (nSPS) is 23.3. The molecule has 1 atom stereocenters. The molecule has 0 aromatic heterocycles. The molecule has 0 bridgehead atoms. The van der Waals surface area contributed by atoms with Crippen LogP contribution in [0.2, 0.25) is 0 Å². The Morgan fingerprint density at radius 2 is 1.07 bits per heavy atom. The molecule has 2 rings (SSSR count). The van der Waals surface area contributed by atoms with Gasteiger partial charge in [0.05, 0.1) is 6.10 Å². The second-order valence-corrected chi connectivity index (χ2v) is 13.1. The molecule has 0 saturated heterocycles. The molecule has 2 nitrogen and oxygen atoms in total. The van der Waals surface area contributed by atoms with Crippen LogP contribution in [0.3, 0.4) is 0 Å². The minimum absolute atomic E-state index is 0.205. The van der Waals surface area contributed by atoms with Crippen molar-refractivity contribution in [2.75, 3.05) is 0 Å². The van der Waals surface area contributed by atoms with Gasteiger partial charge in [0, 0.05) is 17.3 Å². The van der Waals surface area contributed by atoms with Crippen LogP contribution in [0.25, 0.3) is 0 Å². The Balaban J connectivity index is 1.92. The number of carbonyl (C=O) groups excluding carboxylic acids is 1. The number of hydrogen-bond donors (Lipinski definition) is 1. The highest BCUT2D eigenvalue weighted by molar-refractivity contribution is 5.89. The van der Waals surface area contributed by atoms with E-state index in [1.54, 1.807) is 0 Å². The van der Waals surface area contributed by atoms with Gasteiger partial charge in [0.1, 0.15) is 5.78 Å². The van der Waals surface area contributed by atoms with Crippen LogP contribution in [0, 0.1) is 10.8 Å². The zero-order valence-corrected chi connectivity index (χ0v) is 27.8. The molecule has 0 aromatic carbocycles. The van der Waals surface area contributed by atoms with Gasteiger partial charge in [0.15, 0.2) is 0 Å². The standard InChI is InChI=1S/C40H54O2/c1-29(17-13-19-31(3)21-25-35-33(5)23-27-37(41)39(35,7)8)15-11-12-16-30(2)18-14-20-32(4)22-26-36-34(6)24-28-38(42)40(36,9)10/h11-22,25-26,37,41H,23-24,27-28H2,1-10H3. The Labute approximate surface area is 256 Å². The van der Waals surface area contributed by atoms with E-state index in [9.17, 15) is 9.90 Å². The van der Waals surface area contributed by atoms with Gasteiger partial charge in [-0.05, 0) is 85.8 Å². The Morgan fingerprint density at radius 1 is 0.643 bits per heavy atom. The van der Waals surface area contributed by atoms with Crippen LogP contribution in [-0.2, 0) is 4.79 Å². The highest BCUT2D eigenvalue weighted by Crippen LogP contribution is 2.41. The zero-order valence-electron chi connectivity index (χ0n) is 27.8. The van der Waals surface area contributed by atoms with Gasteiger partial charge in [-0.3, -0.25) is 4.79 Å². The summed E-state index contributed by atoms with van der Waals surface area (Å²) in [7, 11) is 0. The highest BCUT2D eigenvalue weighted by atomic mass is 16.3. The third-order valence-electron chi connectivity index (χ3n) is 8.63. The molecule has 0 heterocycles. The fourth-order valence-corrected chi connectivity index (χ4v) is 5.49. The van der Waals surface area contributed by atoms with Gasteiger partial charge >= 0.3 is 0 Å². The van der Waals surface area contributed by atoms with E-state index in [1.165, 1.54) is 33.4 Å². The molecule has 2 aliphatic rings. The molecule has 2 aliphatic carbocycles. The van der Waals surface area contributed by atoms with Crippen molar-refractivity contribution in [3.63, 3.8) is 0 Å². The van der Waals surface area contributed by atoms with E-state index < -0.39 is 5.41 Å². The summed E-state index contributed by atoms with van der Waals surface area (Å²) in [6, 6.07) is 0. The molecule has 1 N–H and O–H groups in total. The molecule has 0 radical (unpaired) electrons. The molecule has 2 heteroatoms. The topological polar surface area (TPSA) is 37.3 Å². The molecule has 226 valence electrons. The maximum atomic E-state index is 12.4. The van der Waals surface area contributed by atoms with Gasteiger partial charge in [0.25, 0.3) is 0 Å². The summed E-state index contributed by atoms with van der Waals surface area (Å²) in [5.74, 6) is 0.328. The summed E-state index contributed by atoms with van der Waals surface area (Å²) >= 11 is 0. The highest BCUT2D eigenvalue weighted by Gasteiger charge is 2.35. The van der Waals surface area contributed by atoms with Gasteiger partial charge in [-0.2, -0.15) is 0 Å². The average Bonchev–Trinajstić information content (AvgIpc) is 2.91. The van der Waals surface area contributed by atoms with Crippen molar-refractivity contribution in [1.29, 1.82) is 0 Å². The lowest BCUT2D eigenvalue weighted by atomic mass is 9.70. The second kappa shape index (κ2) is 15.8. The van der Waals surface area contributed by atoms with Gasteiger partial charge in [-0.15, -0.1) is 0 Å². The summed E-state index contributed by atoms with van der Waals surface area (Å²) in [5, 5.41) is 10.4. The summed E-state index contributed by atoms with van der Waals surface area (Å²) in [4.78, 5) is 12.4. The quantitative estimate of drug-likeness (QED) is 0.267. The minimum Gasteiger partial charge on any atom is -0.392 e. The number of Topliss-reactive ketones (excluding diaryl/α,β-unsaturated/α-hetero) is 1. The van der Waals surface area contributed by atoms with E-state index >= 15 is 0 Å². The number of aliphatic hydroxyl groups is 1. The van der Waals surface area contributed by atoms with Crippen LogP contribution < -0.4 is 0 Å². The average molecular weight is 567 g/mol. The maximum absolute atomic E-state index is 12.4. The van der Waals surface area contributed by atoms with Crippen molar-refractivity contribution >= 4 is 5.78 Å². The number of carbonyl (C=O) groups is 1. The lowest BCUT2D eigenvalue weighted by molar-refractivity contribution is -0.125. The lowest BCUT2D eigenvalue weighted by Crippen LogP contribution is -2.34. The number of rotatable bonds is 10. The van der Waals surface area contributed by atoms with E-state index in [0.29, 0.717) is 12.2 Å². The van der Waals surface area contributed by atoms with Crippen molar-refractivity contribution in [2.24, 2.45) is 10.8 Å². The second-order valence-electron chi connectivity index (χ2n) is 13.1. The number of allylic oxidation sites excluding steroid dienone is 21. The van der Waals surface area contributed by atoms with Crippen LogP contribution in [0.4, 0.5) is 0 Å². The Hall–Kier alpha value is -3.23. The van der Waals surface area contributed by atoms with Crippen LogP contribution in [0.1, 0.15) is 94.9 Å². The van der Waals surface area contributed by atoms with Gasteiger partial charge < -0.3 is 5.11 Å². The number of aliphatic hydroxyl groups excluding tert-OH is 1. The molecule has 42 heavy (non-hydrogen) atoms. The van der Waals surface area contributed by atoms with Crippen molar-refractivity contribution in [1.82, 2.24) is 0 Å². The fraction of sp³-hybridized carbons (Fsp3) is 0.425. The molecule has 0 spiro atoms. The van der Waals surface area contributed by atoms with Crippen LogP contribution in [-0.4, -0.2) is 17.0 Å². The molecule has 0 aromatic rings. The van der Waals surface area contributed by atoms with E-state index in [4.69, 9.17) is 0 Å². The van der Waals surface area contributed by atoms with Crippen molar-refractivity contribution in [3.05, 3.63) is 130 Å². The van der Waals surface area contributed by atoms with Gasteiger partial charge in [-0.1, -0.05) is 132 Å². The number of ketones is 1. The van der Waals surface area contributed by atoms with Crippen molar-refractivity contribution in [2.45, 2.75) is 101 Å². The lowest BCUT2D eigenvalue weighted by Gasteiger charge is -2.37. The predicted molar refractivity (Wildman–Crippen MR) is 183 cm³/mol. The Kier molecular flexibility index (Phi) is 13.2. The minimum atomic E-state index is -0.397. The Morgan fingerprint density at radius 3 is 1.60 bits per heavy atom. The Bertz CT molecular complexity index is 1330. The summed E-state index contributed by atoms with van der Waals surface area (Å²) in [6.07, 6.45) is 32.5. The molecular formula is C40H54O2. The summed E-state index contributed by atoms with van der Waals surface area (Å²) in [6.45, 7) is 21.0. The SMILES string of the molecule is CC(C=CC=C(C)C=CC1=C(C)CCC(=O)C1(C)C)=CC=CC=C(C)C=CC=C(C)C=CC1=C(C)CCC(O)C1(C)C. The third-order valence-corrected chi connectivity index (χ3v) is 8.63. The van der Waals surface area contributed by atoms with Crippen molar-refractivity contribution in [3.8, 4) is 0 Å². The smallest absolute Gasteiger partial charge is 0.143 e. The van der Waals surface area contributed by atoms with Gasteiger partial charge in [-0.25, -0.2) is 0 Å². The molecule has 1 unspecified atom stereocenters. The molecule has 0 aliphatic heterocycles. The maximum Gasteiger partial charge on any atom is 0.143 e. The van der Waals surface area contributed by atoms with E-state index in [1.807, 2.05) is 13.8 Å². The molecule has 0 amide bonds. The first-order chi connectivity index (χ1) is 19.7. The predicted octanol–water partition coefficient (Wildman–Crippen LogP) is 10.8. The van der Waals surface area contributed by atoms with Gasteiger partial charge in [0.2, 0.25) is 0 Å². The van der Waals surface area contributed by atoms with E-state index in [2.05, 4.69) is 140 Å². The van der Waals surface area contributed by atoms with Crippen molar-refractivity contribution < 1.29 is 9.90 Å². The zero-order chi connectivity index (χ0) is 31.5. The van der Waals surface area contributed by atoms with E-state index in [0.717, 1.165) is 30.4 Å². The first-order valence-electron chi connectivity index (χ1n) is 15.4. The molecular weight excluding hydrogens is 512 g/mol. The summed E-state index contributed by atoms with van der Waals surface area (Å²) in [5.41, 5.74) is 9.18. The largest absolute Gasteiger partial charge is 0.392 e. The van der Waals surface area contributed by atoms with Crippen LogP contribution in [0.5, 0.6) is 0 Å². The van der Waals surface area contributed by atoms with Crippen LogP contribution >= 0.6 is 0 Å². The molecule has 0 fully saturated rings. The summed E-state index contributed by atoms with van der Waals surface area (Å²) < 4.78 is 0. The first-order valence-corrected chi connectivity index (χ1v) is 15.4. The van der Waals surface area contributed by atoms with Crippen LogP contribution in [0.15, 0.2) is 130 Å². The monoisotopic (exact) mass is 566 g/mol. The third kappa shape index (κ3) is 10.2. The molecule has 0 saturated carbocycles. The number of hydrogen-bond acceptors (Lipinski definition) is 2. The first kappa shape index (κ1) is 35.0. The van der Waals surface area contributed by atoms with E-state index in [-0.39, 0.29) is 11.5 Å². The fourth-order valence-electron chi connectivity index (χ4n) is 5.49.